The molecule has 14 heteroatoms. The smallest absolute Gasteiger partial charge is 0.287 e. The SMILES string of the molecule is CC(=O)Sc1ccc(C#Cc2cc([N+](=O)[O-])c(C#Cc3cc(C(F)(F)F)cc(C(F)(F)F)c3)cc2[N+](=O)[O-])cc1. The fourth-order valence-electron chi connectivity index (χ4n) is 3.16. The van der Waals surface area contributed by atoms with Crippen molar-refractivity contribution in [2.45, 2.75) is 24.2 Å². The third-order valence-corrected chi connectivity index (χ3v) is 5.69. The molecular weight excluding hydrogens is 566 g/mol. The zero-order valence-electron chi connectivity index (χ0n) is 19.8. The highest BCUT2D eigenvalue weighted by molar-refractivity contribution is 8.13. The molecule has 3 aromatic carbocycles. The van der Waals surface area contributed by atoms with Crippen molar-refractivity contribution in [2.24, 2.45) is 0 Å². The van der Waals surface area contributed by atoms with Crippen LogP contribution in [0.3, 0.4) is 0 Å². The van der Waals surface area contributed by atoms with Crippen molar-refractivity contribution in [2.75, 3.05) is 0 Å². The second-order valence-corrected chi connectivity index (χ2v) is 9.06. The minimum atomic E-state index is -5.14. The van der Waals surface area contributed by atoms with E-state index in [2.05, 4.69) is 17.8 Å². The topological polar surface area (TPSA) is 103 Å². The van der Waals surface area contributed by atoms with Crippen LogP contribution in [0, 0.1) is 43.9 Å². The number of nitrogens with zero attached hydrogens (tertiary/aromatic N) is 2. The van der Waals surface area contributed by atoms with Gasteiger partial charge in [-0.3, -0.25) is 25.0 Å². The predicted octanol–water partition coefficient (Wildman–Crippen LogP) is 6.98. The zero-order valence-corrected chi connectivity index (χ0v) is 20.6. The van der Waals surface area contributed by atoms with Crippen LogP contribution in [0.25, 0.3) is 0 Å². The Morgan fingerprint density at radius 1 is 0.700 bits per heavy atom. The number of halogens is 6. The maximum absolute atomic E-state index is 13.1. The number of nitro benzene ring substituents is 2. The standard InChI is InChI=1S/C26H12F6N2O5S/c1-15(35)40-22-8-4-16(5-9-22)2-6-18-12-24(34(38)39)19(13-23(18)33(36)37)7-3-17-10-20(25(27,28)29)14-21(11-17)26(30,31)32/h4-5,8-14H,1H3. The van der Waals surface area contributed by atoms with Crippen LogP contribution < -0.4 is 0 Å². The molecule has 204 valence electrons. The summed E-state index contributed by atoms with van der Waals surface area (Å²) in [5, 5.41) is 23.1. The molecule has 0 aliphatic rings. The summed E-state index contributed by atoms with van der Waals surface area (Å²) < 4.78 is 78.7. The van der Waals surface area contributed by atoms with Gasteiger partial charge in [0.25, 0.3) is 11.4 Å². The summed E-state index contributed by atoms with van der Waals surface area (Å²) >= 11 is 0.966. The molecule has 0 unspecified atom stereocenters. The molecule has 0 atom stereocenters. The first-order valence-electron chi connectivity index (χ1n) is 10.6. The maximum atomic E-state index is 13.1. The summed E-state index contributed by atoms with van der Waals surface area (Å²) in [5.74, 6) is 9.13. The first-order chi connectivity index (χ1) is 18.5. The molecule has 0 aliphatic heterocycles. The Kier molecular flexibility index (Phi) is 8.55. The van der Waals surface area contributed by atoms with Crippen molar-refractivity contribution >= 4 is 28.3 Å². The van der Waals surface area contributed by atoms with E-state index in [1.807, 2.05) is 5.92 Å². The molecule has 0 bridgehead atoms. The van der Waals surface area contributed by atoms with E-state index < -0.39 is 55.8 Å². The van der Waals surface area contributed by atoms with Crippen molar-refractivity contribution in [3.8, 4) is 23.7 Å². The minimum Gasteiger partial charge on any atom is -0.287 e. The Balaban J connectivity index is 2.10. The first-order valence-corrected chi connectivity index (χ1v) is 11.4. The molecule has 0 aliphatic carbocycles. The van der Waals surface area contributed by atoms with Crippen LogP contribution in [0.15, 0.2) is 59.5 Å². The fraction of sp³-hybridized carbons (Fsp3) is 0.115. The number of hydrogen-bond donors (Lipinski definition) is 0. The van der Waals surface area contributed by atoms with E-state index in [0.717, 1.165) is 17.8 Å². The second kappa shape index (κ2) is 11.5. The van der Waals surface area contributed by atoms with Gasteiger partial charge in [-0.25, -0.2) is 0 Å². The zero-order chi connectivity index (χ0) is 29.8. The van der Waals surface area contributed by atoms with Crippen LogP contribution >= 0.6 is 11.8 Å². The van der Waals surface area contributed by atoms with Crippen molar-refractivity contribution < 1.29 is 41.0 Å². The third-order valence-electron chi connectivity index (χ3n) is 4.89. The van der Waals surface area contributed by atoms with Crippen LogP contribution in [-0.2, 0) is 17.1 Å². The maximum Gasteiger partial charge on any atom is 0.416 e. The molecule has 40 heavy (non-hydrogen) atoms. The normalized spacial score (nSPS) is 11.1. The van der Waals surface area contributed by atoms with E-state index in [0.29, 0.717) is 28.7 Å². The lowest BCUT2D eigenvalue weighted by Gasteiger charge is -2.12. The van der Waals surface area contributed by atoms with Gasteiger partial charge in [-0.15, -0.1) is 0 Å². The molecule has 0 saturated heterocycles. The molecule has 0 spiro atoms. The van der Waals surface area contributed by atoms with E-state index in [9.17, 15) is 51.4 Å². The van der Waals surface area contributed by atoms with E-state index in [1.54, 1.807) is 12.1 Å². The lowest BCUT2D eigenvalue weighted by Crippen LogP contribution is -2.11. The van der Waals surface area contributed by atoms with Crippen molar-refractivity contribution in [1.82, 2.24) is 0 Å². The highest BCUT2D eigenvalue weighted by Gasteiger charge is 2.36. The van der Waals surface area contributed by atoms with Gasteiger partial charge in [0.15, 0.2) is 5.12 Å². The van der Waals surface area contributed by atoms with Crippen LogP contribution in [0.4, 0.5) is 37.7 Å². The monoisotopic (exact) mass is 578 g/mol. The molecule has 0 heterocycles. The van der Waals surface area contributed by atoms with E-state index in [4.69, 9.17) is 0 Å². The molecule has 3 aromatic rings. The summed E-state index contributed by atoms with van der Waals surface area (Å²) in [4.78, 5) is 33.2. The number of carbonyl (C=O) groups excluding carboxylic acids is 1. The number of thioether (sulfide) groups is 1. The summed E-state index contributed by atoms with van der Waals surface area (Å²) in [5.41, 5.74) is -6.25. The Hall–Kier alpha value is -4.82. The second-order valence-electron chi connectivity index (χ2n) is 7.81. The largest absolute Gasteiger partial charge is 0.416 e. The molecule has 0 radical (unpaired) electrons. The Bertz CT molecular complexity index is 1610. The molecule has 0 saturated carbocycles. The summed E-state index contributed by atoms with van der Waals surface area (Å²) in [7, 11) is 0. The number of carbonyl (C=O) groups is 1. The highest BCUT2D eigenvalue weighted by atomic mass is 32.2. The van der Waals surface area contributed by atoms with Gasteiger partial charge < -0.3 is 0 Å². The van der Waals surface area contributed by atoms with Crippen molar-refractivity contribution in [3.05, 3.63) is 108 Å². The van der Waals surface area contributed by atoms with Gasteiger partial charge in [-0.1, -0.05) is 35.4 Å². The molecule has 0 N–H and O–H groups in total. The van der Waals surface area contributed by atoms with Gasteiger partial charge >= 0.3 is 12.4 Å². The van der Waals surface area contributed by atoms with Crippen molar-refractivity contribution in [3.63, 3.8) is 0 Å². The van der Waals surface area contributed by atoms with Crippen LogP contribution in [0.2, 0.25) is 0 Å². The molecule has 0 fully saturated rings. The minimum absolute atomic E-state index is 0.109. The van der Waals surface area contributed by atoms with Gasteiger partial charge in [0.05, 0.1) is 21.0 Å². The average molecular weight is 578 g/mol. The van der Waals surface area contributed by atoms with Gasteiger partial charge in [-0.05, 0) is 42.5 Å². The van der Waals surface area contributed by atoms with Crippen LogP contribution in [0.5, 0.6) is 0 Å². The van der Waals surface area contributed by atoms with E-state index in [-0.39, 0.29) is 16.7 Å². The lowest BCUT2D eigenvalue weighted by atomic mass is 10.0. The van der Waals surface area contributed by atoms with Gasteiger partial charge in [0, 0.05) is 35.1 Å². The Morgan fingerprint density at radius 3 is 1.50 bits per heavy atom. The number of alkyl halides is 6. The molecule has 0 aromatic heterocycles. The summed E-state index contributed by atoms with van der Waals surface area (Å²) in [6, 6.07) is 8.12. The van der Waals surface area contributed by atoms with E-state index >= 15 is 0 Å². The molecule has 0 amide bonds. The quantitative estimate of drug-likeness (QED) is 0.109. The Labute approximate surface area is 225 Å². The number of hydrogen-bond acceptors (Lipinski definition) is 6. The molecule has 7 nitrogen and oxygen atoms in total. The summed E-state index contributed by atoms with van der Waals surface area (Å²) in [6.07, 6.45) is -10.3. The predicted molar refractivity (Wildman–Crippen MR) is 131 cm³/mol. The number of nitro groups is 2. The summed E-state index contributed by atoms with van der Waals surface area (Å²) in [6.45, 7) is 1.37. The lowest BCUT2D eigenvalue weighted by molar-refractivity contribution is -0.389. The Morgan fingerprint density at radius 2 is 1.12 bits per heavy atom. The molecular formula is C26H12F6N2O5S. The molecule has 3 rings (SSSR count). The number of benzene rings is 3. The average Bonchev–Trinajstić information content (AvgIpc) is 2.85. The van der Waals surface area contributed by atoms with Gasteiger partial charge in [0.2, 0.25) is 0 Å². The van der Waals surface area contributed by atoms with Gasteiger partial charge in [-0.2, -0.15) is 26.3 Å². The number of rotatable bonds is 3. The fourth-order valence-corrected chi connectivity index (χ4v) is 3.76. The van der Waals surface area contributed by atoms with E-state index in [1.165, 1.54) is 19.1 Å². The van der Waals surface area contributed by atoms with Gasteiger partial charge in [0.1, 0.15) is 11.1 Å². The third kappa shape index (κ3) is 7.61. The van der Waals surface area contributed by atoms with Crippen LogP contribution in [0.1, 0.15) is 40.3 Å². The highest BCUT2D eigenvalue weighted by Crippen LogP contribution is 2.36. The van der Waals surface area contributed by atoms with Crippen LogP contribution in [-0.4, -0.2) is 15.0 Å². The first kappa shape index (κ1) is 29.7. The van der Waals surface area contributed by atoms with Crippen molar-refractivity contribution in [1.29, 1.82) is 0 Å².